The van der Waals surface area contributed by atoms with Gasteiger partial charge in [0, 0.05) is 5.56 Å². The van der Waals surface area contributed by atoms with Crippen LogP contribution in [-0.2, 0) is 14.3 Å². The number of carboxylic acid groups (broad SMARTS) is 1. The van der Waals surface area contributed by atoms with E-state index in [2.05, 4.69) is 5.32 Å². The van der Waals surface area contributed by atoms with Gasteiger partial charge < -0.3 is 15.2 Å². The Bertz CT molecular complexity index is 883. The maximum Gasteiger partial charge on any atom is 0.507 e. The molecule has 2 heterocycles. The molecule has 2 amide bonds. The number of nitrogens with one attached hydrogen (secondary N) is 1. The van der Waals surface area contributed by atoms with Gasteiger partial charge >= 0.3 is 6.16 Å². The SMILES string of the molecule is CC[C@H](C)[C@H](SC(=O)c1ccccc1)C(=O)N[C@H]1CC[C@H](C)[C@H]2SC[C@@H](OC(=O)O)N2C1=O. The molecule has 0 aromatic heterocycles. The van der Waals surface area contributed by atoms with Crippen LogP contribution in [0.15, 0.2) is 30.3 Å². The van der Waals surface area contributed by atoms with Gasteiger partial charge in [-0.1, -0.05) is 69.3 Å². The van der Waals surface area contributed by atoms with Gasteiger partial charge in [-0.3, -0.25) is 19.3 Å². The topological polar surface area (TPSA) is 113 Å². The zero-order valence-electron chi connectivity index (χ0n) is 18.9. The summed E-state index contributed by atoms with van der Waals surface area (Å²) in [5.74, 6) is -0.282. The normalized spacial score (nSPS) is 26.6. The molecule has 2 N–H and O–H groups in total. The lowest BCUT2D eigenvalue weighted by molar-refractivity contribution is -0.144. The van der Waals surface area contributed by atoms with Crippen LogP contribution in [0.1, 0.15) is 50.4 Å². The number of hydrogen-bond donors (Lipinski definition) is 2. The first-order valence-corrected chi connectivity index (χ1v) is 13.1. The van der Waals surface area contributed by atoms with E-state index < -0.39 is 23.7 Å². The second-order valence-electron chi connectivity index (χ2n) is 8.50. The lowest BCUT2D eigenvalue weighted by atomic mass is 10.0. The predicted octanol–water partition coefficient (Wildman–Crippen LogP) is 3.81. The first-order chi connectivity index (χ1) is 15.7. The number of thioether (sulfide) groups is 2. The van der Waals surface area contributed by atoms with Gasteiger partial charge in [0.2, 0.25) is 16.9 Å². The minimum absolute atomic E-state index is 0.0827. The maximum absolute atomic E-state index is 13.4. The van der Waals surface area contributed by atoms with Gasteiger partial charge in [0.25, 0.3) is 0 Å². The molecule has 33 heavy (non-hydrogen) atoms. The summed E-state index contributed by atoms with van der Waals surface area (Å²) in [6, 6.07) is 8.01. The number of carbonyl (C=O) groups excluding carboxylic acids is 3. The molecule has 1 aromatic rings. The summed E-state index contributed by atoms with van der Waals surface area (Å²) >= 11 is 2.48. The van der Waals surface area contributed by atoms with Crippen LogP contribution in [-0.4, -0.2) is 61.7 Å². The molecule has 0 aliphatic carbocycles. The van der Waals surface area contributed by atoms with Crippen LogP contribution in [0.4, 0.5) is 4.79 Å². The van der Waals surface area contributed by atoms with E-state index in [9.17, 15) is 19.2 Å². The molecular formula is C23H30N2O6S2. The molecule has 0 radical (unpaired) electrons. The van der Waals surface area contributed by atoms with Crippen LogP contribution in [0.5, 0.6) is 0 Å². The minimum atomic E-state index is -1.43. The van der Waals surface area contributed by atoms with Crippen LogP contribution >= 0.6 is 23.5 Å². The van der Waals surface area contributed by atoms with Crippen molar-refractivity contribution in [3.63, 3.8) is 0 Å². The van der Waals surface area contributed by atoms with E-state index in [1.54, 1.807) is 24.3 Å². The molecule has 10 heteroatoms. The van der Waals surface area contributed by atoms with Gasteiger partial charge in [-0.25, -0.2) is 4.79 Å². The van der Waals surface area contributed by atoms with Crippen LogP contribution < -0.4 is 5.32 Å². The number of hydrogen-bond acceptors (Lipinski definition) is 7. The Labute approximate surface area is 202 Å². The van der Waals surface area contributed by atoms with Crippen molar-refractivity contribution < 1.29 is 29.0 Å². The highest BCUT2D eigenvalue weighted by Crippen LogP contribution is 2.39. The number of fused-ring (bicyclic) bond motifs is 1. The van der Waals surface area contributed by atoms with Crippen molar-refractivity contribution in [2.24, 2.45) is 11.8 Å². The van der Waals surface area contributed by atoms with Gasteiger partial charge in [0.15, 0.2) is 6.23 Å². The molecule has 0 saturated carbocycles. The third kappa shape index (κ3) is 6.03. The second-order valence-corrected chi connectivity index (χ2v) is 10.8. The fourth-order valence-corrected chi connectivity index (χ4v) is 6.64. The molecule has 2 aliphatic rings. The average Bonchev–Trinajstić information content (AvgIpc) is 3.17. The Morgan fingerprint density at radius 3 is 2.61 bits per heavy atom. The summed E-state index contributed by atoms with van der Waals surface area (Å²) < 4.78 is 4.95. The van der Waals surface area contributed by atoms with Crippen molar-refractivity contribution >= 4 is 46.6 Å². The van der Waals surface area contributed by atoms with Crippen molar-refractivity contribution in [1.29, 1.82) is 0 Å². The van der Waals surface area contributed by atoms with Crippen molar-refractivity contribution in [1.82, 2.24) is 10.2 Å². The van der Waals surface area contributed by atoms with Crippen molar-refractivity contribution in [3.05, 3.63) is 35.9 Å². The van der Waals surface area contributed by atoms with Crippen molar-refractivity contribution in [2.75, 3.05) is 5.75 Å². The van der Waals surface area contributed by atoms with E-state index in [1.165, 1.54) is 16.7 Å². The van der Waals surface area contributed by atoms with Gasteiger partial charge in [-0.15, -0.1) is 11.8 Å². The molecule has 3 rings (SSSR count). The Hall–Kier alpha value is -2.20. The van der Waals surface area contributed by atoms with Crippen LogP contribution in [0.25, 0.3) is 0 Å². The molecule has 2 aliphatic heterocycles. The van der Waals surface area contributed by atoms with E-state index >= 15 is 0 Å². The lowest BCUT2D eigenvalue weighted by Crippen LogP contribution is -2.54. The largest absolute Gasteiger partial charge is 0.507 e. The molecule has 2 fully saturated rings. The Balaban J connectivity index is 1.75. The van der Waals surface area contributed by atoms with E-state index in [4.69, 9.17) is 9.84 Å². The van der Waals surface area contributed by atoms with Crippen LogP contribution in [0.3, 0.4) is 0 Å². The Morgan fingerprint density at radius 1 is 1.27 bits per heavy atom. The van der Waals surface area contributed by atoms with Crippen molar-refractivity contribution in [3.8, 4) is 0 Å². The van der Waals surface area contributed by atoms with Gasteiger partial charge in [-0.05, 0) is 24.7 Å². The third-order valence-electron chi connectivity index (χ3n) is 6.16. The molecule has 1 aromatic carbocycles. The number of rotatable bonds is 7. The van der Waals surface area contributed by atoms with Gasteiger partial charge in [-0.2, -0.15) is 0 Å². The number of benzene rings is 1. The molecule has 0 bridgehead atoms. The number of amides is 2. The first kappa shape index (κ1) is 25.4. The predicted molar refractivity (Wildman–Crippen MR) is 128 cm³/mol. The highest BCUT2D eigenvalue weighted by molar-refractivity contribution is 8.15. The summed E-state index contributed by atoms with van der Waals surface area (Å²) in [4.78, 5) is 52.0. The molecule has 8 nitrogen and oxygen atoms in total. The summed E-state index contributed by atoms with van der Waals surface area (Å²) in [5.41, 5.74) is 0.522. The molecule has 0 unspecified atom stereocenters. The Morgan fingerprint density at radius 2 is 1.97 bits per heavy atom. The average molecular weight is 495 g/mol. The monoisotopic (exact) mass is 494 g/mol. The molecule has 180 valence electrons. The van der Waals surface area contributed by atoms with Gasteiger partial charge in [0.1, 0.15) is 6.04 Å². The maximum atomic E-state index is 13.4. The summed E-state index contributed by atoms with van der Waals surface area (Å²) in [6.45, 7) is 5.88. The third-order valence-corrected chi connectivity index (χ3v) is 9.05. The van der Waals surface area contributed by atoms with Crippen molar-refractivity contribution in [2.45, 2.75) is 62.9 Å². The number of carbonyl (C=O) groups is 4. The van der Waals surface area contributed by atoms with E-state index in [1.807, 2.05) is 26.8 Å². The quantitative estimate of drug-likeness (QED) is 0.550. The molecule has 6 atom stereocenters. The number of nitrogens with zero attached hydrogens (tertiary/aromatic N) is 1. The molecule has 0 spiro atoms. The van der Waals surface area contributed by atoms with E-state index in [-0.39, 0.29) is 34.1 Å². The van der Waals surface area contributed by atoms with E-state index in [0.717, 1.165) is 11.8 Å². The lowest BCUT2D eigenvalue weighted by Gasteiger charge is -2.31. The Kier molecular flexibility index (Phi) is 8.69. The fourth-order valence-electron chi connectivity index (χ4n) is 4.08. The highest BCUT2D eigenvalue weighted by atomic mass is 32.2. The van der Waals surface area contributed by atoms with Crippen LogP contribution in [0, 0.1) is 11.8 Å². The minimum Gasteiger partial charge on any atom is -0.450 e. The number of ether oxygens (including phenoxy) is 1. The highest BCUT2D eigenvalue weighted by Gasteiger charge is 2.47. The summed E-state index contributed by atoms with van der Waals surface area (Å²) in [7, 11) is 0. The second kappa shape index (κ2) is 11.3. The standard InChI is InChI=1S/C23H30N2O6S2/c1-4-13(2)18(33-22(28)15-8-6-5-7-9-15)19(26)24-16-11-10-14(3)21-25(20(16)27)17(12-32-21)31-23(29)30/h5-9,13-14,16-18,21H,4,10-12H2,1-3H3,(H,24,26)(H,29,30)/t13-,14-,16-,17+,18-,21+/m0/s1. The smallest absolute Gasteiger partial charge is 0.450 e. The first-order valence-electron chi connectivity index (χ1n) is 11.1. The summed E-state index contributed by atoms with van der Waals surface area (Å²) in [5, 5.41) is 10.9. The van der Waals surface area contributed by atoms with Gasteiger partial charge in [0.05, 0.1) is 16.4 Å². The summed E-state index contributed by atoms with van der Waals surface area (Å²) in [6.07, 6.45) is -0.455. The van der Waals surface area contributed by atoms with E-state index in [0.29, 0.717) is 30.6 Å². The zero-order valence-corrected chi connectivity index (χ0v) is 20.6. The zero-order chi connectivity index (χ0) is 24.1. The molecular weight excluding hydrogens is 464 g/mol. The van der Waals surface area contributed by atoms with Crippen LogP contribution in [0.2, 0.25) is 0 Å². The molecule has 2 saturated heterocycles. The fraction of sp³-hybridized carbons (Fsp3) is 0.565.